The summed E-state index contributed by atoms with van der Waals surface area (Å²) in [6.07, 6.45) is 3.33. The van der Waals surface area contributed by atoms with Gasteiger partial charge in [-0.05, 0) is 25.2 Å². The lowest BCUT2D eigenvalue weighted by Crippen LogP contribution is -2.13. The van der Waals surface area contributed by atoms with Crippen LogP contribution in [0.4, 0.5) is 0 Å². The number of imidazole rings is 1. The number of aromatic amines is 1. The lowest BCUT2D eigenvalue weighted by atomic mass is 10.4. The van der Waals surface area contributed by atoms with Gasteiger partial charge in [0.15, 0.2) is 4.77 Å². The summed E-state index contributed by atoms with van der Waals surface area (Å²) in [4.78, 5) is 18.3. The maximum absolute atomic E-state index is 11.4. The van der Waals surface area contributed by atoms with Crippen LogP contribution < -0.4 is 0 Å². The third kappa shape index (κ3) is 1.96. The molecule has 0 saturated heterocycles. The van der Waals surface area contributed by atoms with E-state index in [-0.39, 0.29) is 12.5 Å². The zero-order valence-corrected chi connectivity index (χ0v) is 9.58. The van der Waals surface area contributed by atoms with Gasteiger partial charge < -0.3 is 14.3 Å². The number of aromatic nitrogens is 3. The summed E-state index contributed by atoms with van der Waals surface area (Å²) in [6.45, 7) is 2.27. The Bertz CT molecular complexity index is 573. The molecule has 0 saturated carbocycles. The Morgan fingerprint density at radius 3 is 3.25 bits per heavy atom. The van der Waals surface area contributed by atoms with Crippen LogP contribution in [0.3, 0.4) is 0 Å². The maximum Gasteiger partial charge on any atom is 0.326 e. The second kappa shape index (κ2) is 4.44. The molecule has 0 unspecified atom stereocenters. The van der Waals surface area contributed by atoms with Crippen LogP contribution >= 0.6 is 12.2 Å². The monoisotopic (exact) mass is 237 g/mol. The van der Waals surface area contributed by atoms with Crippen LogP contribution in [0.25, 0.3) is 11.0 Å². The van der Waals surface area contributed by atoms with E-state index in [0.29, 0.717) is 11.4 Å². The quantitative estimate of drug-likeness (QED) is 0.651. The first-order valence-corrected chi connectivity index (χ1v) is 5.31. The van der Waals surface area contributed by atoms with Crippen molar-refractivity contribution in [3.8, 4) is 0 Å². The first kappa shape index (κ1) is 10.8. The second-order valence-corrected chi connectivity index (χ2v) is 3.60. The van der Waals surface area contributed by atoms with Crippen LogP contribution in [0.1, 0.15) is 6.92 Å². The minimum Gasteiger partial charge on any atom is -0.465 e. The van der Waals surface area contributed by atoms with E-state index in [9.17, 15) is 4.79 Å². The van der Waals surface area contributed by atoms with Crippen molar-refractivity contribution in [3.63, 3.8) is 0 Å². The van der Waals surface area contributed by atoms with Crippen LogP contribution in [0.2, 0.25) is 0 Å². The minimum absolute atomic E-state index is 0.122. The van der Waals surface area contributed by atoms with Crippen molar-refractivity contribution in [1.29, 1.82) is 0 Å². The van der Waals surface area contributed by atoms with Gasteiger partial charge >= 0.3 is 5.97 Å². The Kier molecular flexibility index (Phi) is 3.00. The average molecular weight is 237 g/mol. The highest BCUT2D eigenvalue weighted by Gasteiger charge is 2.08. The molecule has 0 aliphatic rings. The third-order valence-electron chi connectivity index (χ3n) is 2.17. The van der Waals surface area contributed by atoms with Gasteiger partial charge in [-0.15, -0.1) is 0 Å². The Morgan fingerprint density at radius 2 is 2.50 bits per heavy atom. The summed E-state index contributed by atoms with van der Waals surface area (Å²) in [5.41, 5.74) is 1.67. The Hall–Kier alpha value is -1.69. The van der Waals surface area contributed by atoms with Crippen molar-refractivity contribution in [3.05, 3.63) is 23.2 Å². The summed E-state index contributed by atoms with van der Waals surface area (Å²) in [5, 5.41) is 0. The summed E-state index contributed by atoms with van der Waals surface area (Å²) in [7, 11) is 0. The number of esters is 1. The molecule has 16 heavy (non-hydrogen) atoms. The largest absolute Gasteiger partial charge is 0.465 e. The highest BCUT2D eigenvalue weighted by Crippen LogP contribution is 2.11. The lowest BCUT2D eigenvalue weighted by Gasteiger charge is -2.03. The molecule has 0 aliphatic heterocycles. The standard InChI is InChI=1S/C10H11N3O2S/c1-2-15-9(14)6-13-8-3-4-11-5-7(8)12-10(13)16/h3-5H,2,6H2,1H3,(H,12,16). The fourth-order valence-corrected chi connectivity index (χ4v) is 1.78. The van der Waals surface area contributed by atoms with Gasteiger partial charge in [-0.25, -0.2) is 0 Å². The molecular weight excluding hydrogens is 226 g/mol. The number of fused-ring (bicyclic) bond motifs is 1. The lowest BCUT2D eigenvalue weighted by molar-refractivity contribution is -0.143. The van der Waals surface area contributed by atoms with E-state index in [2.05, 4.69) is 9.97 Å². The van der Waals surface area contributed by atoms with Crippen LogP contribution in [0.5, 0.6) is 0 Å². The number of nitrogens with zero attached hydrogens (tertiary/aromatic N) is 2. The van der Waals surface area contributed by atoms with E-state index in [4.69, 9.17) is 17.0 Å². The van der Waals surface area contributed by atoms with Gasteiger partial charge in [0.25, 0.3) is 0 Å². The molecule has 0 bridgehead atoms. The molecule has 6 heteroatoms. The highest BCUT2D eigenvalue weighted by molar-refractivity contribution is 7.71. The van der Waals surface area contributed by atoms with Gasteiger partial charge in [-0.3, -0.25) is 9.78 Å². The summed E-state index contributed by atoms with van der Waals surface area (Å²) >= 11 is 5.13. The minimum atomic E-state index is -0.295. The Balaban J connectivity index is 2.40. The molecule has 5 nitrogen and oxygen atoms in total. The van der Waals surface area contributed by atoms with E-state index >= 15 is 0 Å². The van der Waals surface area contributed by atoms with Crippen LogP contribution in [0, 0.1) is 4.77 Å². The van der Waals surface area contributed by atoms with Gasteiger partial charge in [0.1, 0.15) is 6.54 Å². The van der Waals surface area contributed by atoms with Gasteiger partial charge in [0, 0.05) is 6.20 Å². The van der Waals surface area contributed by atoms with E-state index in [0.717, 1.165) is 11.0 Å². The first-order valence-electron chi connectivity index (χ1n) is 4.90. The zero-order chi connectivity index (χ0) is 11.5. The molecule has 0 aromatic carbocycles. The normalized spacial score (nSPS) is 10.6. The zero-order valence-electron chi connectivity index (χ0n) is 8.77. The van der Waals surface area contributed by atoms with Gasteiger partial charge in [-0.2, -0.15) is 0 Å². The Morgan fingerprint density at radius 1 is 1.69 bits per heavy atom. The molecule has 0 amide bonds. The van der Waals surface area contributed by atoms with Crippen LogP contribution in [0.15, 0.2) is 18.5 Å². The SMILES string of the molecule is CCOC(=O)Cn1c(=S)[nH]c2cnccc21. The van der Waals surface area contributed by atoms with Crippen molar-refractivity contribution in [2.75, 3.05) is 6.61 Å². The van der Waals surface area contributed by atoms with E-state index in [1.165, 1.54) is 0 Å². The molecule has 0 spiro atoms. The van der Waals surface area contributed by atoms with Crippen molar-refractivity contribution in [2.45, 2.75) is 13.5 Å². The molecule has 0 aliphatic carbocycles. The topological polar surface area (TPSA) is 59.9 Å². The molecular formula is C10H11N3O2S. The first-order chi connectivity index (χ1) is 7.72. The molecule has 0 atom stereocenters. The third-order valence-corrected chi connectivity index (χ3v) is 2.49. The molecule has 0 radical (unpaired) electrons. The summed E-state index contributed by atoms with van der Waals surface area (Å²) in [6, 6.07) is 1.81. The highest BCUT2D eigenvalue weighted by atomic mass is 32.1. The van der Waals surface area contributed by atoms with Gasteiger partial charge in [-0.1, -0.05) is 0 Å². The van der Waals surface area contributed by atoms with E-state index in [1.807, 2.05) is 0 Å². The predicted molar refractivity (Wildman–Crippen MR) is 61.6 cm³/mol. The van der Waals surface area contributed by atoms with Crippen LogP contribution in [-0.2, 0) is 16.1 Å². The number of H-pyrrole nitrogens is 1. The van der Waals surface area contributed by atoms with Crippen molar-refractivity contribution < 1.29 is 9.53 Å². The average Bonchev–Trinajstić information content (AvgIpc) is 2.56. The van der Waals surface area contributed by atoms with Gasteiger partial charge in [0.05, 0.1) is 23.8 Å². The Labute approximate surface area is 97.1 Å². The number of carbonyl (C=O) groups is 1. The fourth-order valence-electron chi connectivity index (χ4n) is 1.50. The number of pyridine rings is 1. The molecule has 84 valence electrons. The summed E-state index contributed by atoms with van der Waals surface area (Å²) < 4.78 is 7.08. The molecule has 2 aromatic heterocycles. The molecule has 0 fully saturated rings. The van der Waals surface area contributed by atoms with Crippen molar-refractivity contribution in [2.24, 2.45) is 0 Å². The smallest absolute Gasteiger partial charge is 0.326 e. The fraction of sp³-hybridized carbons (Fsp3) is 0.300. The molecule has 2 aromatic rings. The maximum atomic E-state index is 11.4. The van der Waals surface area contributed by atoms with Gasteiger partial charge in [0.2, 0.25) is 0 Å². The number of ether oxygens (including phenoxy) is 1. The second-order valence-electron chi connectivity index (χ2n) is 3.21. The van der Waals surface area contributed by atoms with Crippen LogP contribution in [-0.4, -0.2) is 27.1 Å². The molecule has 1 N–H and O–H groups in total. The number of nitrogens with one attached hydrogen (secondary N) is 1. The number of rotatable bonds is 3. The molecule has 2 heterocycles. The molecule has 2 rings (SSSR count). The number of hydrogen-bond acceptors (Lipinski definition) is 4. The van der Waals surface area contributed by atoms with Crippen molar-refractivity contribution in [1.82, 2.24) is 14.5 Å². The van der Waals surface area contributed by atoms with E-state index < -0.39 is 0 Å². The van der Waals surface area contributed by atoms with Crippen molar-refractivity contribution >= 4 is 29.2 Å². The number of carbonyl (C=O) groups excluding carboxylic acids is 1. The predicted octanol–water partition coefficient (Wildman–Crippen LogP) is 1.66. The number of hydrogen-bond donors (Lipinski definition) is 1. The summed E-state index contributed by atoms with van der Waals surface area (Å²) in [5.74, 6) is -0.295. The van der Waals surface area contributed by atoms with E-state index in [1.54, 1.807) is 30.0 Å².